The number of rotatable bonds is 6. The van der Waals surface area contributed by atoms with Crippen LogP contribution in [0.3, 0.4) is 0 Å². The van der Waals surface area contributed by atoms with Gasteiger partial charge in [-0.3, -0.25) is 9.48 Å². The topological polar surface area (TPSA) is 59.8 Å². The lowest BCUT2D eigenvalue weighted by atomic mass is 10.1. The minimum atomic E-state index is 0.182. The van der Waals surface area contributed by atoms with Crippen molar-refractivity contribution in [3.05, 3.63) is 40.7 Å². The van der Waals surface area contributed by atoms with Crippen LogP contribution in [-0.2, 0) is 24.8 Å². The molecule has 2 aromatic rings. The Labute approximate surface area is 176 Å². The lowest BCUT2D eigenvalue weighted by Gasteiger charge is -2.27. The molecule has 0 N–H and O–H groups in total. The quantitative estimate of drug-likeness (QED) is 0.722. The average Bonchev–Trinajstić information content (AvgIpc) is 3.28. The number of carbonyl (C=O) groups is 1. The molecule has 0 aliphatic carbocycles. The van der Waals surface area contributed by atoms with Crippen molar-refractivity contribution in [1.82, 2.24) is 19.6 Å². The van der Waals surface area contributed by atoms with Crippen LogP contribution >= 0.6 is 11.6 Å². The largest absolute Gasteiger partial charge is 0.454 e. The number of ether oxygens (including phenoxy) is 2. The maximum absolute atomic E-state index is 12.7. The van der Waals surface area contributed by atoms with Gasteiger partial charge in [0.25, 0.3) is 0 Å². The molecule has 3 heterocycles. The smallest absolute Gasteiger partial charge is 0.231 e. The molecular formula is C21H27ClN4O3. The number of hydrogen-bond acceptors (Lipinski definition) is 5. The minimum Gasteiger partial charge on any atom is -0.454 e. The SMILES string of the molecule is CN(CCc1cnn(C)c1)[C@@H]1CCC(=O)N(Cc2cc3c(cc2Cl)OCO3)CC1. The Morgan fingerprint density at radius 3 is 2.83 bits per heavy atom. The highest BCUT2D eigenvalue weighted by atomic mass is 35.5. The number of aryl methyl sites for hydroxylation is 1. The maximum atomic E-state index is 12.7. The second-order valence-electron chi connectivity index (χ2n) is 7.85. The third-order valence-electron chi connectivity index (χ3n) is 5.81. The van der Waals surface area contributed by atoms with E-state index in [4.69, 9.17) is 21.1 Å². The van der Waals surface area contributed by atoms with E-state index in [1.807, 2.05) is 28.9 Å². The number of nitrogens with zero attached hydrogens (tertiary/aromatic N) is 4. The van der Waals surface area contributed by atoms with Gasteiger partial charge in [-0.15, -0.1) is 0 Å². The number of likely N-dealkylation sites (tertiary alicyclic amines) is 1. The van der Waals surface area contributed by atoms with Crippen LogP contribution < -0.4 is 9.47 Å². The van der Waals surface area contributed by atoms with Gasteiger partial charge in [0.1, 0.15) is 0 Å². The fourth-order valence-electron chi connectivity index (χ4n) is 4.01. The Hall–Kier alpha value is -2.25. The summed E-state index contributed by atoms with van der Waals surface area (Å²) in [6.07, 6.45) is 7.34. The molecule has 0 radical (unpaired) electrons. The van der Waals surface area contributed by atoms with E-state index in [1.54, 1.807) is 6.07 Å². The first-order valence-electron chi connectivity index (χ1n) is 10.0. The summed E-state index contributed by atoms with van der Waals surface area (Å²) in [7, 11) is 4.08. The van der Waals surface area contributed by atoms with Crippen LogP contribution in [0.25, 0.3) is 0 Å². The highest BCUT2D eigenvalue weighted by molar-refractivity contribution is 6.31. The van der Waals surface area contributed by atoms with Crippen LogP contribution in [0.1, 0.15) is 30.4 Å². The summed E-state index contributed by atoms with van der Waals surface area (Å²) >= 11 is 6.41. The van der Waals surface area contributed by atoms with Gasteiger partial charge in [-0.2, -0.15) is 5.10 Å². The number of benzene rings is 1. The average molecular weight is 419 g/mol. The van der Waals surface area contributed by atoms with Gasteiger partial charge in [-0.05, 0) is 43.5 Å². The second-order valence-corrected chi connectivity index (χ2v) is 8.25. The molecule has 0 saturated carbocycles. The van der Waals surface area contributed by atoms with Crippen LogP contribution in [0.15, 0.2) is 24.5 Å². The number of hydrogen-bond donors (Lipinski definition) is 0. The van der Waals surface area contributed by atoms with E-state index in [2.05, 4.69) is 23.2 Å². The Morgan fingerprint density at radius 1 is 1.28 bits per heavy atom. The van der Waals surface area contributed by atoms with Crippen LogP contribution in [0, 0.1) is 0 Å². The van der Waals surface area contributed by atoms with Crippen LogP contribution in [0.2, 0.25) is 5.02 Å². The Balaban J connectivity index is 1.35. The molecule has 0 bridgehead atoms. The van der Waals surface area contributed by atoms with Gasteiger partial charge in [0.2, 0.25) is 12.7 Å². The van der Waals surface area contributed by atoms with Crippen LogP contribution in [0.5, 0.6) is 11.5 Å². The third kappa shape index (κ3) is 4.67. The molecule has 29 heavy (non-hydrogen) atoms. The molecule has 0 spiro atoms. The summed E-state index contributed by atoms with van der Waals surface area (Å²) in [5, 5.41) is 4.84. The van der Waals surface area contributed by atoms with Gasteiger partial charge in [0, 0.05) is 56.4 Å². The summed E-state index contributed by atoms with van der Waals surface area (Å²) in [4.78, 5) is 17.0. The zero-order valence-electron chi connectivity index (χ0n) is 16.9. The van der Waals surface area contributed by atoms with Crippen molar-refractivity contribution in [1.29, 1.82) is 0 Å². The number of aromatic nitrogens is 2. The van der Waals surface area contributed by atoms with E-state index in [0.717, 1.165) is 37.9 Å². The fourth-order valence-corrected chi connectivity index (χ4v) is 4.22. The molecule has 2 aliphatic heterocycles. The highest BCUT2D eigenvalue weighted by Crippen LogP contribution is 2.37. The van der Waals surface area contributed by atoms with Crippen molar-refractivity contribution in [2.45, 2.75) is 38.3 Å². The number of likely N-dealkylation sites (N-methyl/N-ethyl adjacent to an activating group) is 1. The van der Waals surface area contributed by atoms with E-state index in [-0.39, 0.29) is 12.7 Å². The normalized spacial score (nSPS) is 19.1. The molecule has 1 atom stereocenters. The van der Waals surface area contributed by atoms with E-state index >= 15 is 0 Å². The Kier molecular flexibility index (Phi) is 5.96. The zero-order chi connectivity index (χ0) is 20.4. The molecule has 156 valence electrons. The summed E-state index contributed by atoms with van der Waals surface area (Å²) < 4.78 is 12.6. The van der Waals surface area contributed by atoms with Gasteiger partial charge < -0.3 is 19.3 Å². The van der Waals surface area contributed by atoms with Crippen molar-refractivity contribution >= 4 is 17.5 Å². The van der Waals surface area contributed by atoms with Crippen molar-refractivity contribution in [3.8, 4) is 11.5 Å². The zero-order valence-corrected chi connectivity index (χ0v) is 17.7. The Bertz CT molecular complexity index is 885. The first kappa shape index (κ1) is 20.0. The van der Waals surface area contributed by atoms with Crippen LogP contribution in [0.4, 0.5) is 0 Å². The van der Waals surface area contributed by atoms with Crippen molar-refractivity contribution < 1.29 is 14.3 Å². The van der Waals surface area contributed by atoms with E-state index < -0.39 is 0 Å². The second kappa shape index (κ2) is 8.63. The lowest BCUT2D eigenvalue weighted by Crippen LogP contribution is -2.34. The summed E-state index contributed by atoms with van der Waals surface area (Å²) in [5.74, 6) is 1.54. The number of halogens is 1. The van der Waals surface area contributed by atoms with Crippen molar-refractivity contribution in [2.24, 2.45) is 7.05 Å². The summed E-state index contributed by atoms with van der Waals surface area (Å²) in [5.41, 5.74) is 2.13. The fraction of sp³-hybridized carbons (Fsp3) is 0.524. The number of carbonyl (C=O) groups excluding carboxylic acids is 1. The van der Waals surface area contributed by atoms with E-state index in [9.17, 15) is 4.79 Å². The molecule has 7 nitrogen and oxygen atoms in total. The lowest BCUT2D eigenvalue weighted by molar-refractivity contribution is -0.131. The van der Waals surface area contributed by atoms with E-state index in [0.29, 0.717) is 35.5 Å². The molecular weight excluding hydrogens is 392 g/mol. The molecule has 8 heteroatoms. The van der Waals surface area contributed by atoms with Crippen LogP contribution in [-0.4, -0.2) is 58.5 Å². The monoisotopic (exact) mass is 418 g/mol. The van der Waals surface area contributed by atoms with Crippen molar-refractivity contribution in [3.63, 3.8) is 0 Å². The predicted octanol–water partition coefficient (Wildman–Crippen LogP) is 2.86. The molecule has 4 rings (SSSR count). The summed E-state index contributed by atoms with van der Waals surface area (Å²) in [6, 6.07) is 4.06. The van der Waals surface area contributed by atoms with Gasteiger partial charge in [0.05, 0.1) is 6.20 Å². The molecule has 2 aliphatic rings. The van der Waals surface area contributed by atoms with Gasteiger partial charge in [0.15, 0.2) is 11.5 Å². The molecule has 1 aromatic heterocycles. The predicted molar refractivity (Wildman–Crippen MR) is 110 cm³/mol. The molecule has 0 unspecified atom stereocenters. The standard InChI is InChI=1S/C21H27ClN4O3/c1-24(7-5-15-11-23-25(2)12-15)17-3-4-21(27)26(8-6-17)13-16-9-19-20(10-18(16)22)29-14-28-19/h9-12,17H,3-8,13-14H2,1-2H3/t17-/m1/s1. The molecule has 1 fully saturated rings. The third-order valence-corrected chi connectivity index (χ3v) is 6.17. The number of amides is 1. The molecule has 1 aromatic carbocycles. The molecule has 1 amide bonds. The minimum absolute atomic E-state index is 0.182. The van der Waals surface area contributed by atoms with E-state index in [1.165, 1.54) is 5.56 Å². The Morgan fingerprint density at radius 2 is 2.07 bits per heavy atom. The number of fused-ring (bicyclic) bond motifs is 1. The van der Waals surface area contributed by atoms with Crippen molar-refractivity contribution in [2.75, 3.05) is 26.9 Å². The molecule has 1 saturated heterocycles. The highest BCUT2D eigenvalue weighted by Gasteiger charge is 2.26. The van der Waals surface area contributed by atoms with Gasteiger partial charge in [-0.1, -0.05) is 11.6 Å². The summed E-state index contributed by atoms with van der Waals surface area (Å²) in [6.45, 7) is 2.40. The van der Waals surface area contributed by atoms with Gasteiger partial charge >= 0.3 is 0 Å². The first-order chi connectivity index (χ1) is 14.0. The maximum Gasteiger partial charge on any atom is 0.231 e. The first-order valence-corrected chi connectivity index (χ1v) is 10.4. The van der Waals surface area contributed by atoms with Gasteiger partial charge in [-0.25, -0.2) is 0 Å².